The summed E-state index contributed by atoms with van der Waals surface area (Å²) in [5.74, 6) is -0.598. The molecule has 2 aromatic rings. The predicted molar refractivity (Wildman–Crippen MR) is 92.6 cm³/mol. The lowest BCUT2D eigenvalue weighted by Gasteiger charge is -2.28. The van der Waals surface area contributed by atoms with Crippen LogP contribution in [-0.2, 0) is 9.59 Å². The lowest BCUT2D eigenvalue weighted by atomic mass is 9.84. The summed E-state index contributed by atoms with van der Waals surface area (Å²) in [5, 5.41) is 8.12. The van der Waals surface area contributed by atoms with Crippen molar-refractivity contribution in [1.82, 2.24) is 5.32 Å². The first-order chi connectivity index (χ1) is 11.0. The molecule has 4 nitrogen and oxygen atoms in total. The molecule has 0 aliphatic carbocycles. The van der Waals surface area contributed by atoms with Crippen LogP contribution in [0, 0.1) is 6.92 Å². The van der Waals surface area contributed by atoms with Crippen LogP contribution in [0.15, 0.2) is 30.3 Å². The van der Waals surface area contributed by atoms with Gasteiger partial charge in [-0.05, 0) is 48.2 Å². The highest BCUT2D eigenvalue weighted by molar-refractivity contribution is 6.07. The second-order valence-electron chi connectivity index (χ2n) is 6.32. The highest BCUT2D eigenvalue weighted by atomic mass is 16.2. The second kappa shape index (κ2) is 6.03. The number of amides is 2. The molecule has 1 aliphatic rings. The van der Waals surface area contributed by atoms with Crippen LogP contribution in [-0.4, -0.2) is 17.9 Å². The Morgan fingerprint density at radius 3 is 2.74 bits per heavy atom. The van der Waals surface area contributed by atoms with Gasteiger partial charge in [0, 0.05) is 18.2 Å². The van der Waals surface area contributed by atoms with Crippen LogP contribution >= 0.6 is 0 Å². The monoisotopic (exact) mass is 310 g/mol. The molecule has 2 unspecified atom stereocenters. The van der Waals surface area contributed by atoms with Crippen molar-refractivity contribution in [3.05, 3.63) is 41.5 Å². The number of aryl methyl sites for hydroxylation is 1. The summed E-state index contributed by atoms with van der Waals surface area (Å²) in [6.45, 7) is 6.04. The van der Waals surface area contributed by atoms with Crippen LogP contribution in [0.25, 0.3) is 10.8 Å². The molecule has 1 aliphatic heterocycles. The molecule has 0 fully saturated rings. The molecule has 23 heavy (non-hydrogen) atoms. The Bertz CT molecular complexity index is 782. The van der Waals surface area contributed by atoms with Gasteiger partial charge >= 0.3 is 0 Å². The first-order valence-corrected chi connectivity index (χ1v) is 8.13. The standard InChI is InChI=1S/C19H22N2O2/c1-4-12(3)20-19(23)15-10-17(22)21-16-9-11(2)13-7-5-6-8-14(13)18(15)16/h5-9,12,15H,4,10H2,1-3H3,(H,20,23)(H,21,22). The first kappa shape index (κ1) is 15.5. The van der Waals surface area contributed by atoms with Crippen LogP contribution in [0.3, 0.4) is 0 Å². The summed E-state index contributed by atoms with van der Waals surface area (Å²) in [6, 6.07) is 10.1. The maximum absolute atomic E-state index is 12.7. The lowest BCUT2D eigenvalue weighted by Crippen LogP contribution is -2.39. The fraction of sp³-hybridized carbons (Fsp3) is 0.368. The number of fused-ring (bicyclic) bond motifs is 3. The van der Waals surface area contributed by atoms with Gasteiger partial charge in [0.05, 0.1) is 5.92 Å². The van der Waals surface area contributed by atoms with E-state index < -0.39 is 5.92 Å². The van der Waals surface area contributed by atoms with E-state index in [-0.39, 0.29) is 24.3 Å². The van der Waals surface area contributed by atoms with Crippen molar-refractivity contribution < 1.29 is 9.59 Å². The summed E-state index contributed by atoms with van der Waals surface area (Å²) in [5.41, 5.74) is 2.80. The van der Waals surface area contributed by atoms with Crippen molar-refractivity contribution >= 4 is 28.3 Å². The summed E-state index contributed by atoms with van der Waals surface area (Å²) >= 11 is 0. The van der Waals surface area contributed by atoms with Gasteiger partial charge in [-0.2, -0.15) is 0 Å². The van der Waals surface area contributed by atoms with E-state index in [0.29, 0.717) is 0 Å². The highest BCUT2D eigenvalue weighted by Gasteiger charge is 2.33. The molecule has 2 atom stereocenters. The fourth-order valence-electron chi connectivity index (χ4n) is 3.22. The minimum absolute atomic E-state index is 0.0653. The Balaban J connectivity index is 2.14. The van der Waals surface area contributed by atoms with Gasteiger partial charge in [0.15, 0.2) is 0 Å². The SMILES string of the molecule is CCC(C)NC(=O)C1CC(=O)Nc2cc(C)c3ccccc3c21. The van der Waals surface area contributed by atoms with Crippen LogP contribution in [0.4, 0.5) is 5.69 Å². The lowest BCUT2D eigenvalue weighted by molar-refractivity contribution is -0.126. The Kier molecular flexibility index (Phi) is 4.07. The van der Waals surface area contributed by atoms with Crippen molar-refractivity contribution in [2.24, 2.45) is 0 Å². The Morgan fingerprint density at radius 1 is 1.35 bits per heavy atom. The quantitative estimate of drug-likeness (QED) is 0.911. The molecule has 0 spiro atoms. The normalized spacial score (nSPS) is 18.2. The first-order valence-electron chi connectivity index (χ1n) is 8.13. The zero-order valence-electron chi connectivity index (χ0n) is 13.8. The maximum atomic E-state index is 12.7. The zero-order valence-corrected chi connectivity index (χ0v) is 13.8. The average Bonchev–Trinajstić information content (AvgIpc) is 2.53. The molecule has 0 saturated heterocycles. The van der Waals surface area contributed by atoms with E-state index in [4.69, 9.17) is 0 Å². The van der Waals surface area contributed by atoms with Gasteiger partial charge in [0.25, 0.3) is 0 Å². The van der Waals surface area contributed by atoms with E-state index >= 15 is 0 Å². The Morgan fingerprint density at radius 2 is 2.04 bits per heavy atom. The molecule has 1 heterocycles. The van der Waals surface area contributed by atoms with Gasteiger partial charge in [-0.15, -0.1) is 0 Å². The maximum Gasteiger partial charge on any atom is 0.228 e. The van der Waals surface area contributed by atoms with Crippen LogP contribution in [0.5, 0.6) is 0 Å². The molecule has 120 valence electrons. The van der Waals surface area contributed by atoms with Crippen molar-refractivity contribution in [2.45, 2.75) is 45.6 Å². The fourth-order valence-corrected chi connectivity index (χ4v) is 3.22. The molecule has 0 radical (unpaired) electrons. The van der Waals surface area contributed by atoms with Crippen molar-refractivity contribution in [2.75, 3.05) is 5.32 Å². The largest absolute Gasteiger partial charge is 0.353 e. The molecule has 0 aromatic heterocycles. The van der Waals surface area contributed by atoms with Gasteiger partial charge in [-0.25, -0.2) is 0 Å². The van der Waals surface area contributed by atoms with Gasteiger partial charge < -0.3 is 10.6 Å². The summed E-state index contributed by atoms with van der Waals surface area (Å²) in [6.07, 6.45) is 1.06. The van der Waals surface area contributed by atoms with Gasteiger partial charge in [-0.3, -0.25) is 9.59 Å². The van der Waals surface area contributed by atoms with E-state index in [2.05, 4.69) is 16.7 Å². The summed E-state index contributed by atoms with van der Waals surface area (Å²) in [7, 11) is 0. The third-order valence-corrected chi connectivity index (χ3v) is 4.62. The molecule has 4 heteroatoms. The number of anilines is 1. The zero-order chi connectivity index (χ0) is 16.6. The van der Waals surface area contributed by atoms with Crippen LogP contribution < -0.4 is 10.6 Å². The number of nitrogens with one attached hydrogen (secondary N) is 2. The van der Waals surface area contributed by atoms with E-state index in [1.807, 2.05) is 45.0 Å². The van der Waals surface area contributed by atoms with Crippen LogP contribution in [0.1, 0.15) is 43.7 Å². The minimum Gasteiger partial charge on any atom is -0.353 e. The number of hydrogen-bond donors (Lipinski definition) is 2. The highest BCUT2D eigenvalue weighted by Crippen LogP contribution is 2.39. The average molecular weight is 310 g/mol. The molecule has 2 N–H and O–H groups in total. The van der Waals surface area contributed by atoms with E-state index in [1.54, 1.807) is 0 Å². The second-order valence-corrected chi connectivity index (χ2v) is 6.32. The van der Waals surface area contributed by atoms with Crippen molar-refractivity contribution in [3.8, 4) is 0 Å². The molecule has 2 amide bonds. The number of carbonyl (C=O) groups excluding carboxylic acids is 2. The molecule has 2 aromatic carbocycles. The minimum atomic E-state index is -0.432. The number of carbonyl (C=O) groups is 2. The van der Waals surface area contributed by atoms with Crippen molar-refractivity contribution in [3.63, 3.8) is 0 Å². The summed E-state index contributed by atoms with van der Waals surface area (Å²) < 4.78 is 0. The molecule has 0 saturated carbocycles. The third-order valence-electron chi connectivity index (χ3n) is 4.62. The number of benzene rings is 2. The van der Waals surface area contributed by atoms with Gasteiger partial charge in [0.1, 0.15) is 0 Å². The topological polar surface area (TPSA) is 58.2 Å². The van der Waals surface area contributed by atoms with Crippen LogP contribution in [0.2, 0.25) is 0 Å². The molecule has 3 rings (SSSR count). The molecule has 0 bridgehead atoms. The Hall–Kier alpha value is -2.36. The molecular formula is C19H22N2O2. The molecular weight excluding hydrogens is 288 g/mol. The number of hydrogen-bond acceptors (Lipinski definition) is 2. The van der Waals surface area contributed by atoms with Gasteiger partial charge in [0.2, 0.25) is 11.8 Å². The van der Waals surface area contributed by atoms with E-state index in [0.717, 1.165) is 34.0 Å². The smallest absolute Gasteiger partial charge is 0.228 e. The van der Waals surface area contributed by atoms with E-state index in [9.17, 15) is 9.59 Å². The predicted octanol–water partition coefficient (Wildman–Crippen LogP) is 3.49. The van der Waals surface area contributed by atoms with E-state index in [1.165, 1.54) is 0 Å². The number of rotatable bonds is 3. The third kappa shape index (κ3) is 2.81. The summed E-state index contributed by atoms with van der Waals surface area (Å²) in [4.78, 5) is 24.8. The van der Waals surface area contributed by atoms with Crippen molar-refractivity contribution in [1.29, 1.82) is 0 Å². The Labute approximate surface area is 136 Å². The van der Waals surface area contributed by atoms with Gasteiger partial charge in [-0.1, -0.05) is 31.2 Å².